The number of aryl methyl sites for hydroxylation is 2. The van der Waals surface area contributed by atoms with Crippen LogP contribution in [0.1, 0.15) is 33.5 Å². The lowest BCUT2D eigenvalue weighted by Gasteiger charge is -2.19. The molecule has 3 aromatic rings. The first kappa shape index (κ1) is 21.7. The molecule has 30 heavy (non-hydrogen) atoms. The number of esters is 1. The van der Waals surface area contributed by atoms with Crippen LogP contribution in [0.15, 0.2) is 78.9 Å². The summed E-state index contributed by atoms with van der Waals surface area (Å²) in [4.78, 5) is 25.8. The monoisotopic (exact) mass is 420 g/mol. The molecule has 1 atom stereocenters. The van der Waals surface area contributed by atoms with Crippen LogP contribution >= 0.6 is 7.14 Å². The van der Waals surface area contributed by atoms with Crippen LogP contribution < -0.4 is 5.30 Å². The fraction of sp³-hybridized carbons (Fsp3) is 0.200. The van der Waals surface area contributed by atoms with Crippen LogP contribution in [-0.2, 0) is 20.7 Å². The second-order valence-corrected chi connectivity index (χ2v) is 10.1. The highest BCUT2D eigenvalue weighted by molar-refractivity contribution is 7.87. The molecule has 0 heterocycles. The number of rotatable bonds is 8. The molecule has 0 fully saturated rings. The average Bonchev–Trinajstić information content (AvgIpc) is 2.77. The zero-order valence-corrected chi connectivity index (χ0v) is 18.1. The molecule has 0 aromatic heterocycles. The molecule has 3 rings (SSSR count). The minimum absolute atomic E-state index is 0.0583. The van der Waals surface area contributed by atoms with Crippen molar-refractivity contribution in [1.82, 2.24) is 0 Å². The Morgan fingerprint density at radius 2 is 1.37 bits per heavy atom. The maximum absolute atomic E-state index is 14.0. The Kier molecular flexibility index (Phi) is 7.02. The third-order valence-corrected chi connectivity index (χ3v) is 7.94. The van der Waals surface area contributed by atoms with E-state index in [1.807, 2.05) is 68.4 Å². The van der Waals surface area contributed by atoms with Gasteiger partial charge in [-0.15, -0.1) is 0 Å². The Morgan fingerprint density at radius 1 is 0.800 bits per heavy atom. The van der Waals surface area contributed by atoms with Gasteiger partial charge in [0.2, 0.25) is 5.52 Å². The van der Waals surface area contributed by atoms with Gasteiger partial charge in [0.1, 0.15) is 6.61 Å². The van der Waals surface area contributed by atoms with Gasteiger partial charge in [0.05, 0.1) is 6.42 Å². The Morgan fingerprint density at radius 3 is 1.97 bits per heavy atom. The summed E-state index contributed by atoms with van der Waals surface area (Å²) in [5.41, 5.74) is 2.51. The molecule has 0 saturated heterocycles. The normalized spacial score (nSPS) is 12.7. The smallest absolute Gasteiger partial charge is 0.306 e. The molecule has 3 aromatic carbocycles. The molecule has 4 nitrogen and oxygen atoms in total. The van der Waals surface area contributed by atoms with Gasteiger partial charge >= 0.3 is 5.97 Å². The Labute approximate surface area is 177 Å². The van der Waals surface area contributed by atoms with Crippen molar-refractivity contribution in [2.45, 2.75) is 26.9 Å². The third-order valence-electron chi connectivity index (χ3n) is 5.07. The molecule has 154 valence electrons. The number of hydrogen-bond acceptors (Lipinski definition) is 4. The van der Waals surface area contributed by atoms with Gasteiger partial charge < -0.3 is 9.30 Å². The van der Waals surface area contributed by atoms with E-state index in [2.05, 4.69) is 0 Å². The number of hydrogen-bond donors (Lipinski definition) is 0. The van der Waals surface area contributed by atoms with Crippen LogP contribution in [-0.4, -0.2) is 17.7 Å². The Balaban J connectivity index is 1.82. The fourth-order valence-electron chi connectivity index (χ4n) is 3.41. The van der Waals surface area contributed by atoms with Crippen molar-refractivity contribution in [3.8, 4) is 0 Å². The molecule has 1 unspecified atom stereocenters. The topological polar surface area (TPSA) is 60.4 Å². The molecule has 0 aliphatic carbocycles. The molecule has 0 saturated carbocycles. The summed E-state index contributed by atoms with van der Waals surface area (Å²) in [6.45, 7) is 3.83. The number of benzene rings is 3. The molecule has 0 radical (unpaired) electrons. The predicted molar refractivity (Wildman–Crippen MR) is 120 cm³/mol. The molecule has 0 N–H and O–H groups in total. The highest BCUT2D eigenvalue weighted by Gasteiger charge is 2.36. The van der Waals surface area contributed by atoms with Crippen LogP contribution in [0.5, 0.6) is 0 Å². The molecule has 0 amide bonds. The van der Waals surface area contributed by atoms with E-state index in [0.29, 0.717) is 10.9 Å². The number of carbonyl (C=O) groups is 2. The maximum Gasteiger partial charge on any atom is 0.306 e. The van der Waals surface area contributed by atoms with Gasteiger partial charge in [-0.1, -0.05) is 78.9 Å². The average molecular weight is 420 g/mol. The van der Waals surface area contributed by atoms with Crippen molar-refractivity contribution >= 4 is 23.9 Å². The first-order valence-electron chi connectivity index (χ1n) is 9.87. The van der Waals surface area contributed by atoms with E-state index in [4.69, 9.17) is 4.74 Å². The molecular weight excluding hydrogens is 395 g/mol. The van der Waals surface area contributed by atoms with E-state index < -0.39 is 18.6 Å². The van der Waals surface area contributed by atoms with Crippen LogP contribution in [0.4, 0.5) is 0 Å². The van der Waals surface area contributed by atoms with Crippen molar-refractivity contribution in [1.29, 1.82) is 0 Å². The molecule has 0 spiro atoms. The summed E-state index contributed by atoms with van der Waals surface area (Å²) in [5, 5.41) is 0.466. The van der Waals surface area contributed by atoms with Gasteiger partial charge in [-0.3, -0.25) is 9.59 Å². The van der Waals surface area contributed by atoms with Gasteiger partial charge in [0.25, 0.3) is 0 Å². The van der Waals surface area contributed by atoms with Gasteiger partial charge in [0, 0.05) is 17.0 Å². The minimum atomic E-state index is -3.53. The molecule has 0 aliphatic heterocycles. The quantitative estimate of drug-likeness (QED) is 0.368. The molecular formula is C25H25O4P. The maximum atomic E-state index is 14.0. The van der Waals surface area contributed by atoms with Crippen molar-refractivity contribution in [2.24, 2.45) is 0 Å². The number of carbonyl (C=O) groups excluding carboxylic acids is 2. The van der Waals surface area contributed by atoms with Crippen LogP contribution in [0.2, 0.25) is 0 Å². The summed E-state index contributed by atoms with van der Waals surface area (Å²) in [6.07, 6.45) is -0.146. The lowest BCUT2D eigenvalue weighted by Crippen LogP contribution is -2.19. The van der Waals surface area contributed by atoms with E-state index in [1.165, 1.54) is 0 Å². The third kappa shape index (κ3) is 4.95. The second kappa shape index (κ2) is 9.69. The molecule has 5 heteroatoms. The lowest BCUT2D eigenvalue weighted by atomic mass is 10.0. The van der Waals surface area contributed by atoms with E-state index in [1.54, 1.807) is 24.3 Å². The molecule has 0 aliphatic rings. The van der Waals surface area contributed by atoms with E-state index >= 15 is 0 Å². The zero-order chi connectivity index (χ0) is 21.6. The lowest BCUT2D eigenvalue weighted by molar-refractivity contribution is -0.144. The van der Waals surface area contributed by atoms with Gasteiger partial charge in [-0.25, -0.2) is 0 Å². The largest absolute Gasteiger partial charge is 0.461 e. The number of ether oxygens (including phenoxy) is 1. The van der Waals surface area contributed by atoms with Crippen LogP contribution in [0.3, 0.4) is 0 Å². The Bertz CT molecular complexity index is 1050. The zero-order valence-electron chi connectivity index (χ0n) is 17.2. The summed E-state index contributed by atoms with van der Waals surface area (Å²) >= 11 is 0. The van der Waals surface area contributed by atoms with Crippen LogP contribution in [0, 0.1) is 13.8 Å². The van der Waals surface area contributed by atoms with E-state index in [-0.39, 0.29) is 19.2 Å². The van der Waals surface area contributed by atoms with Crippen LogP contribution in [0.25, 0.3) is 0 Å². The summed E-state index contributed by atoms with van der Waals surface area (Å²) in [5.74, 6) is -0.468. The van der Waals surface area contributed by atoms with Crippen molar-refractivity contribution < 1.29 is 18.9 Å². The van der Waals surface area contributed by atoms with Crippen molar-refractivity contribution in [2.75, 3.05) is 6.16 Å². The Hall–Kier alpha value is -2.97. The van der Waals surface area contributed by atoms with E-state index in [0.717, 1.165) is 16.7 Å². The minimum Gasteiger partial charge on any atom is -0.461 e. The first-order valence-corrected chi connectivity index (χ1v) is 11.8. The SMILES string of the molecule is Cc1cccc(C)c1C(=O)P(=O)(CCC(=O)OCc1ccccc1)c1ccccc1. The highest BCUT2D eigenvalue weighted by atomic mass is 31.2. The highest BCUT2D eigenvalue weighted by Crippen LogP contribution is 2.49. The van der Waals surface area contributed by atoms with Crippen molar-refractivity contribution in [3.05, 3.63) is 101 Å². The van der Waals surface area contributed by atoms with E-state index in [9.17, 15) is 14.2 Å². The predicted octanol–water partition coefficient (Wildman–Crippen LogP) is 5.27. The molecule has 0 bridgehead atoms. The summed E-state index contributed by atoms with van der Waals surface area (Å²) < 4.78 is 19.4. The van der Waals surface area contributed by atoms with Gasteiger partial charge in [-0.05, 0) is 30.5 Å². The first-order chi connectivity index (χ1) is 14.4. The van der Waals surface area contributed by atoms with Gasteiger partial charge in [0.15, 0.2) is 7.14 Å². The standard InChI is InChI=1S/C25H25O4P/c1-19-10-9-11-20(2)24(19)25(27)30(28,22-14-7-4-8-15-22)17-16-23(26)29-18-21-12-5-3-6-13-21/h3-15H,16-18H2,1-2H3. The second-order valence-electron chi connectivity index (χ2n) is 7.27. The summed E-state index contributed by atoms with van der Waals surface area (Å²) in [6, 6.07) is 23.6. The fourth-order valence-corrected chi connectivity index (χ4v) is 5.97. The summed E-state index contributed by atoms with van der Waals surface area (Å²) in [7, 11) is -3.53. The van der Waals surface area contributed by atoms with Gasteiger partial charge in [-0.2, -0.15) is 0 Å². The van der Waals surface area contributed by atoms with Crippen molar-refractivity contribution in [3.63, 3.8) is 0 Å².